The average Bonchev–Trinajstić information content (AvgIpc) is 2.27. The van der Waals surface area contributed by atoms with Gasteiger partial charge < -0.3 is 15.2 Å². The summed E-state index contributed by atoms with van der Waals surface area (Å²) in [6.07, 6.45) is -4.81. The van der Waals surface area contributed by atoms with Gasteiger partial charge in [0.2, 0.25) is 0 Å². The molecule has 1 aromatic rings. The van der Waals surface area contributed by atoms with Gasteiger partial charge in [0.25, 0.3) is 5.91 Å². The lowest BCUT2D eigenvalue weighted by molar-refractivity contribution is -0.274. The van der Waals surface area contributed by atoms with E-state index < -0.39 is 30.7 Å². The maximum absolute atomic E-state index is 12.0. The van der Waals surface area contributed by atoms with E-state index in [0.717, 1.165) is 6.07 Å². The van der Waals surface area contributed by atoms with Gasteiger partial charge in [-0.15, -0.1) is 13.2 Å². The number of imide groups is 1. The number of urea groups is 1. The predicted octanol–water partition coefficient (Wildman–Crippen LogP) is 1.92. The van der Waals surface area contributed by atoms with Crippen molar-refractivity contribution in [2.75, 3.05) is 6.61 Å². The van der Waals surface area contributed by atoms with Crippen molar-refractivity contribution in [1.82, 2.24) is 5.32 Å². The van der Waals surface area contributed by atoms with Crippen LogP contribution in [-0.4, -0.2) is 24.9 Å². The number of hydrogen-bond donors (Lipinski definition) is 2. The number of halogens is 4. The van der Waals surface area contributed by atoms with Gasteiger partial charge in [-0.05, 0) is 34.1 Å². The number of benzene rings is 1. The number of nitrogens with two attached hydrogens (primary N) is 1. The van der Waals surface area contributed by atoms with Gasteiger partial charge in [0.05, 0.1) is 4.47 Å². The molecule has 20 heavy (non-hydrogen) atoms. The van der Waals surface area contributed by atoms with E-state index in [0.29, 0.717) is 0 Å². The second kappa shape index (κ2) is 6.46. The Morgan fingerprint density at radius 1 is 1.35 bits per heavy atom. The molecule has 0 bridgehead atoms. The molecule has 1 aromatic carbocycles. The fraction of sp³-hybridized carbons (Fsp3) is 0.200. The third kappa shape index (κ3) is 5.78. The lowest BCUT2D eigenvalue weighted by atomic mass is 10.3. The largest absolute Gasteiger partial charge is 0.573 e. The van der Waals surface area contributed by atoms with Gasteiger partial charge in [-0.3, -0.25) is 10.1 Å². The minimum absolute atomic E-state index is 0.0114. The Morgan fingerprint density at radius 2 is 2.00 bits per heavy atom. The molecule has 0 radical (unpaired) electrons. The normalized spacial score (nSPS) is 10.8. The highest BCUT2D eigenvalue weighted by atomic mass is 79.9. The molecule has 0 heterocycles. The SMILES string of the molecule is NC(=O)NC(=O)COc1ccc(OC(F)(F)F)c(Br)c1. The standard InChI is InChI=1S/C10H8BrF3N2O4/c11-6-3-5(19-4-8(17)16-9(15)18)1-2-7(6)20-10(12,13)14/h1-3H,4H2,(H3,15,16,17,18). The van der Waals surface area contributed by atoms with Gasteiger partial charge in [0.1, 0.15) is 11.5 Å². The first kappa shape index (κ1) is 16.1. The first-order chi connectivity index (χ1) is 9.17. The van der Waals surface area contributed by atoms with Gasteiger partial charge in [0, 0.05) is 0 Å². The summed E-state index contributed by atoms with van der Waals surface area (Å²) in [7, 11) is 0. The third-order valence-corrected chi connectivity index (χ3v) is 2.38. The molecule has 0 aromatic heterocycles. The number of alkyl halides is 3. The van der Waals surface area contributed by atoms with Crippen molar-refractivity contribution in [2.24, 2.45) is 5.73 Å². The van der Waals surface area contributed by atoms with Crippen LogP contribution in [0.25, 0.3) is 0 Å². The molecule has 3 N–H and O–H groups in total. The Bertz CT molecular complexity index is 522. The molecule has 0 aliphatic carbocycles. The van der Waals surface area contributed by atoms with Crippen molar-refractivity contribution in [3.8, 4) is 11.5 Å². The van der Waals surface area contributed by atoms with E-state index in [1.54, 1.807) is 5.32 Å². The molecule has 1 rings (SSSR count). The zero-order chi connectivity index (χ0) is 15.3. The monoisotopic (exact) mass is 356 g/mol. The summed E-state index contributed by atoms with van der Waals surface area (Å²) in [5.41, 5.74) is 4.71. The zero-order valence-corrected chi connectivity index (χ0v) is 11.2. The Hall–Kier alpha value is -1.97. The number of ether oxygens (including phenoxy) is 2. The Kier molecular flexibility index (Phi) is 5.19. The van der Waals surface area contributed by atoms with Crippen LogP contribution in [0.1, 0.15) is 0 Å². The maximum atomic E-state index is 12.0. The number of carbonyl (C=O) groups excluding carboxylic acids is 2. The summed E-state index contributed by atoms with van der Waals surface area (Å²) < 4.78 is 44.7. The first-order valence-electron chi connectivity index (χ1n) is 4.95. The molecule has 3 amide bonds. The number of carbonyl (C=O) groups is 2. The molecule has 0 aliphatic heterocycles. The lowest BCUT2D eigenvalue weighted by Crippen LogP contribution is -2.38. The fourth-order valence-corrected chi connectivity index (χ4v) is 1.54. The lowest BCUT2D eigenvalue weighted by Gasteiger charge is -2.12. The molecule has 0 unspecified atom stereocenters. The summed E-state index contributed by atoms with van der Waals surface area (Å²) in [4.78, 5) is 21.4. The quantitative estimate of drug-likeness (QED) is 0.862. The fourth-order valence-electron chi connectivity index (χ4n) is 1.10. The molecule has 10 heteroatoms. The molecule has 0 atom stereocenters. The van der Waals surface area contributed by atoms with Crippen LogP contribution in [0.4, 0.5) is 18.0 Å². The number of amides is 3. The van der Waals surface area contributed by atoms with Crippen molar-refractivity contribution in [1.29, 1.82) is 0 Å². The van der Waals surface area contributed by atoms with Gasteiger partial charge in [-0.25, -0.2) is 4.79 Å². The third-order valence-electron chi connectivity index (χ3n) is 1.76. The van der Waals surface area contributed by atoms with Crippen molar-refractivity contribution >= 4 is 27.9 Å². The van der Waals surface area contributed by atoms with Crippen LogP contribution in [0.5, 0.6) is 11.5 Å². The van der Waals surface area contributed by atoms with E-state index in [1.807, 2.05) is 0 Å². The average molecular weight is 357 g/mol. The van der Waals surface area contributed by atoms with Crippen molar-refractivity contribution < 1.29 is 32.2 Å². The second-order valence-electron chi connectivity index (χ2n) is 3.34. The molecular weight excluding hydrogens is 349 g/mol. The summed E-state index contributed by atoms with van der Waals surface area (Å²) in [6, 6.07) is 2.33. The van der Waals surface area contributed by atoms with E-state index in [4.69, 9.17) is 10.5 Å². The molecule has 0 saturated carbocycles. The van der Waals surface area contributed by atoms with E-state index in [9.17, 15) is 22.8 Å². The molecule has 0 fully saturated rings. The van der Waals surface area contributed by atoms with E-state index >= 15 is 0 Å². The first-order valence-corrected chi connectivity index (χ1v) is 5.74. The Labute approximate surface area is 119 Å². The van der Waals surface area contributed by atoms with Crippen LogP contribution < -0.4 is 20.5 Å². The topological polar surface area (TPSA) is 90.7 Å². The molecule has 6 nitrogen and oxygen atoms in total. The van der Waals surface area contributed by atoms with Crippen LogP contribution in [-0.2, 0) is 4.79 Å². The van der Waals surface area contributed by atoms with Crippen LogP contribution in [0, 0.1) is 0 Å². The summed E-state index contributed by atoms with van der Waals surface area (Å²) in [6.45, 7) is -0.519. The van der Waals surface area contributed by atoms with Crippen molar-refractivity contribution in [3.63, 3.8) is 0 Å². The van der Waals surface area contributed by atoms with Crippen molar-refractivity contribution in [3.05, 3.63) is 22.7 Å². The highest BCUT2D eigenvalue weighted by Gasteiger charge is 2.32. The van der Waals surface area contributed by atoms with E-state index in [1.165, 1.54) is 12.1 Å². The van der Waals surface area contributed by atoms with Crippen LogP contribution >= 0.6 is 15.9 Å². The number of rotatable bonds is 4. The van der Waals surface area contributed by atoms with E-state index in [-0.39, 0.29) is 10.2 Å². The van der Waals surface area contributed by atoms with Gasteiger partial charge in [0.15, 0.2) is 6.61 Å². The minimum atomic E-state index is -4.81. The predicted molar refractivity (Wildman–Crippen MR) is 64.0 cm³/mol. The molecule has 0 saturated heterocycles. The minimum Gasteiger partial charge on any atom is -0.484 e. The van der Waals surface area contributed by atoms with Crippen LogP contribution in [0.2, 0.25) is 0 Å². The summed E-state index contributed by atoms with van der Waals surface area (Å²) in [5.74, 6) is -1.14. The number of nitrogens with one attached hydrogen (secondary N) is 1. The summed E-state index contributed by atoms with van der Waals surface area (Å²) >= 11 is 2.87. The van der Waals surface area contributed by atoms with Gasteiger partial charge in [-0.1, -0.05) is 0 Å². The zero-order valence-electron chi connectivity index (χ0n) is 9.66. The maximum Gasteiger partial charge on any atom is 0.573 e. The van der Waals surface area contributed by atoms with Crippen LogP contribution in [0.3, 0.4) is 0 Å². The number of primary amides is 1. The highest BCUT2D eigenvalue weighted by molar-refractivity contribution is 9.10. The molecular formula is C10H8BrF3N2O4. The molecule has 110 valence electrons. The Morgan fingerprint density at radius 3 is 2.50 bits per heavy atom. The molecule has 0 spiro atoms. The van der Waals surface area contributed by atoms with Crippen molar-refractivity contribution in [2.45, 2.75) is 6.36 Å². The van der Waals surface area contributed by atoms with Gasteiger partial charge >= 0.3 is 12.4 Å². The smallest absolute Gasteiger partial charge is 0.484 e. The van der Waals surface area contributed by atoms with Crippen LogP contribution in [0.15, 0.2) is 22.7 Å². The van der Waals surface area contributed by atoms with E-state index in [2.05, 4.69) is 20.7 Å². The second-order valence-corrected chi connectivity index (χ2v) is 4.20. The highest BCUT2D eigenvalue weighted by Crippen LogP contribution is 2.33. The number of hydrogen-bond acceptors (Lipinski definition) is 4. The molecule has 0 aliphatic rings. The summed E-state index contributed by atoms with van der Waals surface area (Å²) in [5, 5.41) is 1.76. The Balaban J connectivity index is 2.64. The van der Waals surface area contributed by atoms with Gasteiger partial charge in [-0.2, -0.15) is 0 Å².